The lowest BCUT2D eigenvalue weighted by molar-refractivity contribution is 0.626. The van der Waals surface area contributed by atoms with Gasteiger partial charge in [-0.3, -0.25) is 14.9 Å². The summed E-state index contributed by atoms with van der Waals surface area (Å²) in [6.07, 6.45) is 1.55. The number of H-pyrrole nitrogens is 1. The molecule has 0 radical (unpaired) electrons. The molecule has 0 spiro atoms. The van der Waals surface area contributed by atoms with Crippen LogP contribution < -0.4 is 5.56 Å². The number of nitrogens with one attached hydrogen (secondary N) is 1. The van der Waals surface area contributed by atoms with Gasteiger partial charge in [-0.25, -0.2) is 9.07 Å². The molecule has 0 unspecified atom stereocenters. The molecule has 2 aromatic carbocycles. The Bertz CT molecular complexity index is 1050. The van der Waals surface area contributed by atoms with Crippen LogP contribution in [0.1, 0.15) is 31.5 Å². The molecule has 0 bridgehead atoms. The van der Waals surface area contributed by atoms with Gasteiger partial charge in [0.2, 0.25) is 0 Å². The average molecular weight is 406 g/mol. The standard InChI is InChI=1S/C20H18Cl2FN3O/c1-3-4-18-19(12(2)24-14-7-10-16(21)17(22)11-14)20(27)26(25-18)15-8-5-13(23)6-9-15/h5-11,25H,3-4H2,1-2H3. The minimum absolute atomic E-state index is 0.230. The van der Waals surface area contributed by atoms with Crippen LogP contribution in [-0.4, -0.2) is 15.5 Å². The number of hydrogen-bond acceptors (Lipinski definition) is 2. The molecule has 0 aliphatic carbocycles. The molecule has 0 atom stereocenters. The van der Waals surface area contributed by atoms with Crippen LogP contribution in [0.4, 0.5) is 10.1 Å². The Morgan fingerprint density at radius 3 is 2.48 bits per heavy atom. The number of nitrogens with zero attached hydrogens (tertiary/aromatic N) is 2. The van der Waals surface area contributed by atoms with Crippen molar-refractivity contribution in [1.29, 1.82) is 0 Å². The fourth-order valence-corrected chi connectivity index (χ4v) is 3.15. The van der Waals surface area contributed by atoms with Crippen LogP contribution in [0.15, 0.2) is 52.3 Å². The molecule has 1 aromatic heterocycles. The highest BCUT2D eigenvalue weighted by Gasteiger charge is 2.17. The van der Waals surface area contributed by atoms with Crippen LogP contribution in [0.5, 0.6) is 0 Å². The summed E-state index contributed by atoms with van der Waals surface area (Å²) < 4.78 is 14.6. The van der Waals surface area contributed by atoms with Crippen LogP contribution in [0.2, 0.25) is 10.0 Å². The molecule has 0 aliphatic heterocycles. The first kappa shape index (κ1) is 19.4. The van der Waals surface area contributed by atoms with E-state index in [-0.39, 0.29) is 11.4 Å². The molecular formula is C20H18Cl2FN3O. The molecule has 0 amide bonds. The number of hydrogen-bond donors (Lipinski definition) is 1. The first-order valence-electron chi connectivity index (χ1n) is 8.51. The SMILES string of the molecule is CCCc1[nH]n(-c2ccc(F)cc2)c(=O)c1C(C)=Nc1ccc(Cl)c(Cl)c1. The first-order valence-corrected chi connectivity index (χ1v) is 9.27. The zero-order chi connectivity index (χ0) is 19.6. The third kappa shape index (κ3) is 4.15. The second kappa shape index (κ2) is 8.11. The van der Waals surface area contributed by atoms with Crippen molar-refractivity contribution in [1.82, 2.24) is 9.78 Å². The normalized spacial score (nSPS) is 11.8. The lowest BCUT2D eigenvalue weighted by Gasteiger charge is -2.02. The van der Waals surface area contributed by atoms with E-state index in [9.17, 15) is 9.18 Å². The topological polar surface area (TPSA) is 50.1 Å². The predicted molar refractivity (Wildman–Crippen MR) is 109 cm³/mol. The minimum atomic E-state index is -0.357. The van der Waals surface area contributed by atoms with Gasteiger partial charge in [0.1, 0.15) is 5.82 Å². The van der Waals surface area contributed by atoms with Crippen molar-refractivity contribution in [3.8, 4) is 5.69 Å². The molecule has 0 saturated carbocycles. The minimum Gasteiger partial charge on any atom is -0.294 e. The van der Waals surface area contributed by atoms with E-state index in [1.54, 1.807) is 37.3 Å². The van der Waals surface area contributed by atoms with E-state index in [0.717, 1.165) is 12.1 Å². The van der Waals surface area contributed by atoms with Gasteiger partial charge in [-0.2, -0.15) is 0 Å². The Kier molecular flexibility index (Phi) is 5.82. The molecule has 0 saturated heterocycles. The van der Waals surface area contributed by atoms with E-state index in [2.05, 4.69) is 10.1 Å². The van der Waals surface area contributed by atoms with E-state index in [0.29, 0.717) is 39.1 Å². The van der Waals surface area contributed by atoms with E-state index in [4.69, 9.17) is 23.2 Å². The molecule has 27 heavy (non-hydrogen) atoms. The summed E-state index contributed by atoms with van der Waals surface area (Å²) in [6.45, 7) is 3.81. The summed E-state index contributed by atoms with van der Waals surface area (Å²) in [7, 11) is 0. The average Bonchev–Trinajstić information content (AvgIpc) is 2.95. The highest BCUT2D eigenvalue weighted by Crippen LogP contribution is 2.27. The lowest BCUT2D eigenvalue weighted by atomic mass is 10.1. The number of rotatable bonds is 5. The van der Waals surface area contributed by atoms with Crippen molar-refractivity contribution in [3.05, 3.63) is 79.9 Å². The summed E-state index contributed by atoms with van der Waals surface area (Å²) in [5.41, 5.74) is 2.80. The third-order valence-electron chi connectivity index (χ3n) is 4.11. The molecule has 7 heteroatoms. The van der Waals surface area contributed by atoms with E-state index < -0.39 is 0 Å². The van der Waals surface area contributed by atoms with E-state index in [1.165, 1.54) is 16.8 Å². The summed E-state index contributed by atoms with van der Waals surface area (Å²) in [5, 5.41) is 3.97. The molecule has 4 nitrogen and oxygen atoms in total. The molecule has 140 valence electrons. The number of aromatic nitrogens is 2. The van der Waals surface area contributed by atoms with Crippen molar-refractivity contribution in [2.75, 3.05) is 0 Å². The Balaban J connectivity index is 2.10. The number of aryl methyl sites for hydroxylation is 1. The quantitative estimate of drug-likeness (QED) is 0.543. The van der Waals surface area contributed by atoms with Gasteiger partial charge in [-0.15, -0.1) is 0 Å². The maximum atomic E-state index is 13.2. The van der Waals surface area contributed by atoms with Crippen LogP contribution >= 0.6 is 23.2 Å². The lowest BCUT2D eigenvalue weighted by Crippen LogP contribution is -2.19. The zero-order valence-corrected chi connectivity index (χ0v) is 16.4. The Morgan fingerprint density at radius 2 is 1.85 bits per heavy atom. The Morgan fingerprint density at radius 1 is 1.15 bits per heavy atom. The Hall–Kier alpha value is -2.37. The molecular weight excluding hydrogens is 388 g/mol. The van der Waals surface area contributed by atoms with Gasteiger partial charge in [-0.1, -0.05) is 36.5 Å². The molecule has 0 fully saturated rings. The summed E-state index contributed by atoms with van der Waals surface area (Å²) in [4.78, 5) is 17.5. The smallest absolute Gasteiger partial charge is 0.280 e. The maximum absolute atomic E-state index is 13.2. The van der Waals surface area contributed by atoms with Crippen LogP contribution in [0, 0.1) is 5.82 Å². The van der Waals surface area contributed by atoms with Crippen molar-refractivity contribution in [3.63, 3.8) is 0 Å². The molecule has 1 N–H and O–H groups in total. The van der Waals surface area contributed by atoms with Gasteiger partial charge in [0.05, 0.1) is 32.7 Å². The summed E-state index contributed by atoms with van der Waals surface area (Å²) >= 11 is 12.0. The van der Waals surface area contributed by atoms with E-state index >= 15 is 0 Å². The molecule has 1 heterocycles. The van der Waals surface area contributed by atoms with Crippen molar-refractivity contribution in [2.45, 2.75) is 26.7 Å². The molecule has 0 aliphatic rings. The second-order valence-corrected chi connectivity index (χ2v) is 6.94. The highest BCUT2D eigenvalue weighted by atomic mass is 35.5. The fourth-order valence-electron chi connectivity index (χ4n) is 2.86. The van der Waals surface area contributed by atoms with E-state index in [1.807, 2.05) is 6.92 Å². The summed E-state index contributed by atoms with van der Waals surface area (Å²) in [5.74, 6) is -0.357. The van der Waals surface area contributed by atoms with Crippen molar-refractivity contribution >= 4 is 34.6 Å². The van der Waals surface area contributed by atoms with Gasteiger partial charge < -0.3 is 0 Å². The van der Waals surface area contributed by atoms with Gasteiger partial charge in [-0.05, 0) is 55.8 Å². The largest absolute Gasteiger partial charge is 0.294 e. The van der Waals surface area contributed by atoms with Crippen molar-refractivity contribution < 1.29 is 4.39 Å². The van der Waals surface area contributed by atoms with Gasteiger partial charge in [0, 0.05) is 5.69 Å². The fraction of sp³-hybridized carbons (Fsp3) is 0.200. The van der Waals surface area contributed by atoms with Crippen LogP contribution in [0.25, 0.3) is 5.69 Å². The highest BCUT2D eigenvalue weighted by molar-refractivity contribution is 6.42. The van der Waals surface area contributed by atoms with Gasteiger partial charge >= 0.3 is 0 Å². The molecule has 3 aromatic rings. The number of benzene rings is 2. The number of aliphatic imine (C=N–C) groups is 1. The Labute approximate surface area is 166 Å². The number of aromatic amines is 1. The summed E-state index contributed by atoms with van der Waals surface area (Å²) in [6, 6.07) is 10.8. The second-order valence-electron chi connectivity index (χ2n) is 6.13. The number of halogens is 3. The third-order valence-corrected chi connectivity index (χ3v) is 4.85. The van der Waals surface area contributed by atoms with Gasteiger partial charge in [0.25, 0.3) is 5.56 Å². The first-order chi connectivity index (χ1) is 12.9. The van der Waals surface area contributed by atoms with Gasteiger partial charge in [0.15, 0.2) is 0 Å². The zero-order valence-electron chi connectivity index (χ0n) is 14.9. The monoisotopic (exact) mass is 405 g/mol. The molecule has 3 rings (SSSR count). The van der Waals surface area contributed by atoms with Crippen LogP contribution in [0.3, 0.4) is 0 Å². The van der Waals surface area contributed by atoms with Crippen molar-refractivity contribution in [2.24, 2.45) is 4.99 Å². The van der Waals surface area contributed by atoms with Crippen LogP contribution in [-0.2, 0) is 6.42 Å². The predicted octanol–water partition coefficient (Wildman–Crippen LogP) is 5.70. The maximum Gasteiger partial charge on any atom is 0.280 e.